The van der Waals surface area contributed by atoms with Crippen molar-refractivity contribution in [3.63, 3.8) is 0 Å². The van der Waals surface area contributed by atoms with Gasteiger partial charge in [-0.05, 0) is 68.0 Å². The van der Waals surface area contributed by atoms with Gasteiger partial charge in [0.05, 0.1) is 5.76 Å². The third kappa shape index (κ3) is 7.34. The number of benzene rings is 2. The molecule has 0 amide bonds. The van der Waals surface area contributed by atoms with Crippen LogP contribution in [0.4, 0.5) is 0 Å². The van der Waals surface area contributed by atoms with E-state index in [0.717, 1.165) is 53.8 Å². The molecule has 5 rings (SSSR count). The van der Waals surface area contributed by atoms with Crippen LogP contribution in [-0.2, 0) is 31.3 Å². The van der Waals surface area contributed by atoms with Gasteiger partial charge in [0.25, 0.3) is 0 Å². The van der Waals surface area contributed by atoms with Crippen molar-refractivity contribution in [3.05, 3.63) is 77.1 Å². The van der Waals surface area contributed by atoms with E-state index >= 15 is 0 Å². The predicted molar refractivity (Wildman–Crippen MR) is 186 cm³/mol. The van der Waals surface area contributed by atoms with Crippen LogP contribution in [0.25, 0.3) is 38.1 Å². The molecule has 0 fully saturated rings. The maximum absolute atomic E-state index is 11.7. The number of fused-ring (bicyclic) bond motifs is 7. The minimum Gasteiger partial charge on any atom is -0.512 e. The van der Waals surface area contributed by atoms with E-state index < -0.39 is 0 Å². The average molecular weight is 785 g/mol. The Morgan fingerprint density at radius 3 is 2.16 bits per heavy atom. The number of nitrogens with zero attached hydrogens (tertiary/aromatic N) is 3. The summed E-state index contributed by atoms with van der Waals surface area (Å²) in [6.07, 6.45) is 9.56. The van der Waals surface area contributed by atoms with Crippen LogP contribution in [0.2, 0.25) is 0 Å². The molecular formula is C39H50IrN3O2-. The Labute approximate surface area is 282 Å². The van der Waals surface area contributed by atoms with Gasteiger partial charge in [0.15, 0.2) is 5.78 Å². The number of ketones is 1. The average Bonchev–Trinajstić information content (AvgIpc) is 3.23. The number of carbonyl (C=O) groups excluding carboxylic acids is 1. The van der Waals surface area contributed by atoms with Crippen molar-refractivity contribution >= 4 is 43.9 Å². The molecule has 0 saturated carbocycles. The Morgan fingerprint density at radius 2 is 1.56 bits per heavy atom. The topological polar surface area (TPSA) is 67.5 Å². The van der Waals surface area contributed by atoms with Crippen LogP contribution in [0.15, 0.2) is 48.6 Å². The van der Waals surface area contributed by atoms with Gasteiger partial charge < -0.3 is 9.51 Å². The van der Waals surface area contributed by atoms with Crippen molar-refractivity contribution in [2.24, 2.45) is 17.3 Å². The largest absolute Gasteiger partial charge is 0.512 e. The zero-order valence-electron chi connectivity index (χ0n) is 28.8. The molecule has 2 aromatic carbocycles. The molecule has 5 aromatic rings. The number of hydrogen-bond donors (Lipinski definition) is 1. The van der Waals surface area contributed by atoms with Gasteiger partial charge in [-0.15, -0.1) is 17.5 Å². The molecule has 0 unspecified atom stereocenters. The summed E-state index contributed by atoms with van der Waals surface area (Å²) in [5, 5.41) is 14.3. The van der Waals surface area contributed by atoms with Crippen molar-refractivity contribution < 1.29 is 30.0 Å². The molecule has 0 aliphatic rings. The summed E-state index contributed by atoms with van der Waals surface area (Å²) in [5.41, 5.74) is 9.02. The summed E-state index contributed by atoms with van der Waals surface area (Å²) in [4.78, 5) is 20.8. The van der Waals surface area contributed by atoms with Gasteiger partial charge in [0, 0.05) is 66.3 Å². The minimum absolute atomic E-state index is 0. The van der Waals surface area contributed by atoms with E-state index in [-0.39, 0.29) is 48.9 Å². The maximum Gasteiger partial charge on any atom is 0.162 e. The van der Waals surface area contributed by atoms with Gasteiger partial charge in [-0.3, -0.25) is 9.78 Å². The van der Waals surface area contributed by atoms with Crippen LogP contribution >= 0.6 is 0 Å². The first-order valence-electron chi connectivity index (χ1n) is 16.3. The zero-order chi connectivity index (χ0) is 32.3. The fourth-order valence-corrected chi connectivity index (χ4v) is 6.64. The van der Waals surface area contributed by atoms with E-state index in [4.69, 9.17) is 4.98 Å². The zero-order valence-corrected chi connectivity index (χ0v) is 31.2. The van der Waals surface area contributed by atoms with E-state index in [1.165, 1.54) is 44.9 Å². The Morgan fingerprint density at radius 1 is 0.933 bits per heavy atom. The second kappa shape index (κ2) is 15.0. The first kappa shape index (κ1) is 36.4. The van der Waals surface area contributed by atoms with Crippen LogP contribution in [0.3, 0.4) is 0 Å². The van der Waals surface area contributed by atoms with Crippen LogP contribution in [0.5, 0.6) is 0 Å². The normalized spacial score (nSPS) is 12.3. The fourth-order valence-electron chi connectivity index (χ4n) is 6.64. The van der Waals surface area contributed by atoms with Gasteiger partial charge in [-0.1, -0.05) is 89.9 Å². The van der Waals surface area contributed by atoms with Crippen LogP contribution < -0.4 is 0 Å². The summed E-state index contributed by atoms with van der Waals surface area (Å²) in [5.74, 6) is 0.547. The smallest absolute Gasteiger partial charge is 0.162 e. The maximum atomic E-state index is 11.7. The molecule has 0 saturated heterocycles. The second-order valence-corrected chi connectivity index (χ2v) is 13.4. The number of aromatic nitrogens is 3. The second-order valence-electron chi connectivity index (χ2n) is 13.4. The number of aryl methyl sites for hydroxylation is 3. The Hall–Kier alpha value is -3.08. The molecule has 0 atom stereocenters. The summed E-state index contributed by atoms with van der Waals surface area (Å²) in [6, 6.07) is 12.2. The molecule has 0 aliphatic heterocycles. The molecule has 0 bridgehead atoms. The first-order valence-corrected chi connectivity index (χ1v) is 16.3. The van der Waals surface area contributed by atoms with Crippen LogP contribution in [0.1, 0.15) is 96.5 Å². The van der Waals surface area contributed by atoms with Crippen LogP contribution in [0, 0.1) is 44.1 Å². The molecule has 0 aliphatic carbocycles. The van der Waals surface area contributed by atoms with Crippen molar-refractivity contribution in [3.8, 4) is 0 Å². The van der Waals surface area contributed by atoms with Gasteiger partial charge in [-0.2, -0.15) is 0 Å². The standard InChI is InChI=1S/C26H26N3.C13H24O2.Ir/c1-15-19-10-8-7-9-18(19)11-20-23-22(13-27-14-28-23)25-16(2)21(12-26(4,5)6)17(3)29(25)24(15)20;1-5-10(6-2)12(14)9-13(15)11(7-3)8-4;/h7-10,13-14H,12H2,1-6H3;9-11,14H,5-8H2,1-4H3;/q-1;;/b;12-9-;. The number of aliphatic hydroxyl groups excluding tert-OH is 1. The van der Waals surface area contributed by atoms with E-state index in [1.54, 1.807) is 6.33 Å². The molecule has 3 heterocycles. The molecule has 3 aromatic heterocycles. The van der Waals surface area contributed by atoms with Crippen molar-refractivity contribution in [1.29, 1.82) is 0 Å². The van der Waals surface area contributed by atoms with Gasteiger partial charge in [-0.25, -0.2) is 4.98 Å². The van der Waals surface area contributed by atoms with E-state index in [0.29, 0.717) is 0 Å². The van der Waals surface area contributed by atoms with E-state index in [1.807, 2.05) is 33.9 Å². The Bertz CT molecular complexity index is 1840. The number of aliphatic hydroxyl groups is 1. The minimum atomic E-state index is 0. The molecule has 243 valence electrons. The van der Waals surface area contributed by atoms with Gasteiger partial charge in [0.2, 0.25) is 0 Å². The first-order chi connectivity index (χ1) is 20.9. The fraction of sp³-hybridized carbons (Fsp3) is 0.462. The quantitative estimate of drug-likeness (QED) is 0.0560. The number of rotatable bonds is 8. The number of carbonyl (C=O) groups is 1. The molecule has 6 heteroatoms. The Balaban J connectivity index is 0.000000297. The third-order valence-corrected chi connectivity index (χ3v) is 9.20. The van der Waals surface area contributed by atoms with E-state index in [2.05, 4.69) is 81.3 Å². The Kier molecular flexibility index (Phi) is 12.1. The van der Waals surface area contributed by atoms with Crippen molar-refractivity contribution in [2.45, 2.75) is 101 Å². The van der Waals surface area contributed by atoms with Crippen LogP contribution in [-0.4, -0.2) is 25.3 Å². The molecular weight excluding hydrogens is 735 g/mol. The van der Waals surface area contributed by atoms with Gasteiger partial charge >= 0.3 is 0 Å². The monoisotopic (exact) mass is 785 g/mol. The number of pyridine rings is 1. The summed E-state index contributed by atoms with van der Waals surface area (Å²) >= 11 is 0. The summed E-state index contributed by atoms with van der Waals surface area (Å²) in [7, 11) is 0. The number of hydrogen-bond acceptors (Lipinski definition) is 4. The molecule has 0 spiro atoms. The van der Waals surface area contributed by atoms with Crippen molar-refractivity contribution in [2.75, 3.05) is 0 Å². The molecule has 1 radical (unpaired) electrons. The summed E-state index contributed by atoms with van der Waals surface area (Å²) in [6.45, 7) is 21.7. The van der Waals surface area contributed by atoms with E-state index in [9.17, 15) is 9.90 Å². The van der Waals surface area contributed by atoms with Gasteiger partial charge in [0.1, 0.15) is 6.33 Å². The molecule has 45 heavy (non-hydrogen) atoms. The predicted octanol–water partition coefficient (Wildman–Crippen LogP) is 10.4. The molecule has 1 N–H and O–H groups in total. The van der Waals surface area contributed by atoms with Crippen molar-refractivity contribution in [1.82, 2.24) is 14.4 Å². The third-order valence-electron chi connectivity index (χ3n) is 9.20. The molecule has 5 nitrogen and oxygen atoms in total. The number of allylic oxidation sites excluding steroid dienone is 2. The SMILES string of the molecule is CCC(CC)C(=O)/C=C(\O)C(CC)CC.Cc1c2ccccc2[c-]c2c3ncncc3c3c(C)c(CC(C)(C)C)c(C)n3c12.[Ir]. The summed E-state index contributed by atoms with van der Waals surface area (Å²) < 4.78 is 2.44.